The van der Waals surface area contributed by atoms with Crippen LogP contribution in [0.5, 0.6) is 17.2 Å². The van der Waals surface area contributed by atoms with E-state index in [4.69, 9.17) is 14.2 Å². The Labute approximate surface area is 158 Å². The monoisotopic (exact) mass is 362 g/mol. The van der Waals surface area contributed by atoms with Gasteiger partial charge in [-0.1, -0.05) is 25.8 Å². The standard InChI is InChI=1S/C21H34N2O3/c1-16-7-5-6-8-18(16)23-13-11-22(12-14-23)15-17-9-10-19(24-2)21(26-4)20(17)25-3/h9-10,16,18H,5-8,11-15H2,1-4H3/t16-,18-/m1/s1. The van der Waals surface area contributed by atoms with E-state index >= 15 is 0 Å². The molecule has 0 unspecified atom stereocenters. The SMILES string of the molecule is COc1ccc(CN2CCN([C@@H]3CCCC[C@H]3C)CC2)c(OC)c1OC. The van der Waals surface area contributed by atoms with Gasteiger partial charge in [0.1, 0.15) is 0 Å². The lowest BCUT2D eigenvalue weighted by Gasteiger charge is -2.43. The highest BCUT2D eigenvalue weighted by Crippen LogP contribution is 2.40. The summed E-state index contributed by atoms with van der Waals surface area (Å²) in [4.78, 5) is 5.25. The van der Waals surface area contributed by atoms with Gasteiger partial charge in [0, 0.05) is 44.3 Å². The van der Waals surface area contributed by atoms with Crippen LogP contribution in [0, 0.1) is 5.92 Å². The number of rotatable bonds is 6. The van der Waals surface area contributed by atoms with E-state index in [9.17, 15) is 0 Å². The van der Waals surface area contributed by atoms with Crippen LogP contribution in [0.4, 0.5) is 0 Å². The van der Waals surface area contributed by atoms with Crippen LogP contribution in [0.15, 0.2) is 12.1 Å². The Kier molecular flexibility index (Phi) is 6.65. The Morgan fingerprint density at radius 2 is 1.58 bits per heavy atom. The molecule has 1 heterocycles. The van der Waals surface area contributed by atoms with Crippen LogP contribution < -0.4 is 14.2 Å². The van der Waals surface area contributed by atoms with Crippen LogP contribution >= 0.6 is 0 Å². The third kappa shape index (κ3) is 4.09. The van der Waals surface area contributed by atoms with Crippen molar-refractivity contribution in [3.8, 4) is 17.2 Å². The van der Waals surface area contributed by atoms with Gasteiger partial charge in [-0.3, -0.25) is 9.80 Å². The van der Waals surface area contributed by atoms with E-state index in [1.165, 1.54) is 38.8 Å². The first-order valence-electron chi connectivity index (χ1n) is 9.92. The second-order valence-electron chi connectivity index (χ2n) is 7.63. The highest BCUT2D eigenvalue weighted by Gasteiger charge is 2.30. The number of piperazine rings is 1. The normalized spacial score (nSPS) is 25.1. The molecular formula is C21H34N2O3. The molecule has 1 saturated carbocycles. The summed E-state index contributed by atoms with van der Waals surface area (Å²) >= 11 is 0. The summed E-state index contributed by atoms with van der Waals surface area (Å²) in [6.07, 6.45) is 5.59. The average molecular weight is 363 g/mol. The van der Waals surface area contributed by atoms with Gasteiger partial charge in [-0.25, -0.2) is 0 Å². The summed E-state index contributed by atoms with van der Waals surface area (Å²) in [6, 6.07) is 4.85. The number of methoxy groups -OCH3 is 3. The Hall–Kier alpha value is -1.46. The summed E-state index contributed by atoms with van der Waals surface area (Å²) in [7, 11) is 5.01. The van der Waals surface area contributed by atoms with Crippen molar-refractivity contribution >= 4 is 0 Å². The topological polar surface area (TPSA) is 34.2 Å². The predicted molar refractivity (Wildman–Crippen MR) is 104 cm³/mol. The van der Waals surface area contributed by atoms with Gasteiger partial charge in [0.15, 0.2) is 11.5 Å². The number of hydrogen-bond acceptors (Lipinski definition) is 5. The van der Waals surface area contributed by atoms with E-state index in [-0.39, 0.29) is 0 Å². The van der Waals surface area contributed by atoms with Gasteiger partial charge in [0.25, 0.3) is 0 Å². The molecule has 26 heavy (non-hydrogen) atoms. The number of hydrogen-bond donors (Lipinski definition) is 0. The molecule has 0 amide bonds. The molecule has 0 spiro atoms. The van der Waals surface area contributed by atoms with Gasteiger partial charge >= 0.3 is 0 Å². The van der Waals surface area contributed by atoms with Crippen molar-refractivity contribution in [3.05, 3.63) is 17.7 Å². The van der Waals surface area contributed by atoms with Crippen molar-refractivity contribution < 1.29 is 14.2 Å². The lowest BCUT2D eigenvalue weighted by Crippen LogP contribution is -2.52. The third-order valence-corrected chi connectivity index (χ3v) is 6.12. The van der Waals surface area contributed by atoms with Gasteiger partial charge < -0.3 is 14.2 Å². The molecule has 2 aliphatic rings. The first kappa shape index (κ1) is 19.3. The molecule has 1 saturated heterocycles. The summed E-state index contributed by atoms with van der Waals surface area (Å²) < 4.78 is 16.5. The van der Waals surface area contributed by atoms with Crippen molar-refractivity contribution in [2.45, 2.75) is 45.2 Å². The molecule has 2 fully saturated rings. The zero-order valence-electron chi connectivity index (χ0n) is 16.8. The maximum Gasteiger partial charge on any atom is 0.203 e. The highest BCUT2D eigenvalue weighted by molar-refractivity contribution is 5.55. The molecule has 1 aliphatic heterocycles. The van der Waals surface area contributed by atoms with E-state index in [1.807, 2.05) is 6.07 Å². The number of ether oxygens (including phenoxy) is 3. The molecule has 0 bridgehead atoms. The van der Waals surface area contributed by atoms with Crippen molar-refractivity contribution in [3.63, 3.8) is 0 Å². The molecule has 3 rings (SSSR count). The largest absolute Gasteiger partial charge is 0.493 e. The molecule has 146 valence electrons. The number of nitrogens with zero attached hydrogens (tertiary/aromatic N) is 2. The zero-order chi connectivity index (χ0) is 18.5. The van der Waals surface area contributed by atoms with Crippen molar-refractivity contribution in [2.75, 3.05) is 47.5 Å². The minimum Gasteiger partial charge on any atom is -0.493 e. The highest BCUT2D eigenvalue weighted by atomic mass is 16.5. The Bertz CT molecular complexity index is 585. The minimum absolute atomic E-state index is 0.683. The van der Waals surface area contributed by atoms with E-state index in [1.54, 1.807) is 21.3 Å². The molecule has 1 aromatic carbocycles. The fourth-order valence-electron chi connectivity index (χ4n) is 4.62. The third-order valence-electron chi connectivity index (χ3n) is 6.12. The molecule has 0 aromatic heterocycles. The maximum atomic E-state index is 5.64. The first-order valence-corrected chi connectivity index (χ1v) is 9.92. The van der Waals surface area contributed by atoms with E-state index < -0.39 is 0 Å². The second kappa shape index (κ2) is 8.96. The lowest BCUT2D eigenvalue weighted by atomic mass is 9.84. The Morgan fingerprint density at radius 1 is 0.885 bits per heavy atom. The summed E-state index contributed by atoms with van der Waals surface area (Å²) in [5.74, 6) is 3.03. The van der Waals surface area contributed by atoms with Gasteiger partial charge in [0.2, 0.25) is 5.75 Å². The van der Waals surface area contributed by atoms with E-state index in [0.29, 0.717) is 11.5 Å². The molecule has 0 radical (unpaired) electrons. The van der Waals surface area contributed by atoms with Crippen LogP contribution in [-0.4, -0.2) is 63.4 Å². The molecule has 2 atom stereocenters. The smallest absolute Gasteiger partial charge is 0.203 e. The fourth-order valence-corrected chi connectivity index (χ4v) is 4.62. The molecule has 5 heteroatoms. The van der Waals surface area contributed by atoms with Crippen LogP contribution in [-0.2, 0) is 6.54 Å². The summed E-state index contributed by atoms with van der Waals surface area (Å²) in [5.41, 5.74) is 1.16. The number of benzene rings is 1. The summed E-state index contributed by atoms with van der Waals surface area (Å²) in [6.45, 7) is 7.89. The van der Waals surface area contributed by atoms with Gasteiger partial charge in [-0.2, -0.15) is 0 Å². The second-order valence-corrected chi connectivity index (χ2v) is 7.63. The van der Waals surface area contributed by atoms with Crippen molar-refractivity contribution in [2.24, 2.45) is 5.92 Å². The van der Waals surface area contributed by atoms with Gasteiger partial charge in [-0.15, -0.1) is 0 Å². The van der Waals surface area contributed by atoms with Crippen LogP contribution in [0.3, 0.4) is 0 Å². The first-order chi connectivity index (χ1) is 12.7. The zero-order valence-corrected chi connectivity index (χ0v) is 16.8. The van der Waals surface area contributed by atoms with Crippen molar-refractivity contribution in [1.29, 1.82) is 0 Å². The van der Waals surface area contributed by atoms with Gasteiger partial charge in [0.05, 0.1) is 21.3 Å². The quantitative estimate of drug-likeness (QED) is 0.775. The Balaban J connectivity index is 1.62. The van der Waals surface area contributed by atoms with E-state index in [0.717, 1.165) is 42.9 Å². The Morgan fingerprint density at radius 3 is 2.19 bits per heavy atom. The molecule has 1 aliphatic carbocycles. The van der Waals surface area contributed by atoms with Crippen LogP contribution in [0.1, 0.15) is 38.2 Å². The average Bonchev–Trinajstić information content (AvgIpc) is 2.68. The lowest BCUT2D eigenvalue weighted by molar-refractivity contribution is 0.0515. The summed E-state index contributed by atoms with van der Waals surface area (Å²) in [5, 5.41) is 0. The van der Waals surface area contributed by atoms with Crippen LogP contribution in [0.25, 0.3) is 0 Å². The molecule has 5 nitrogen and oxygen atoms in total. The van der Waals surface area contributed by atoms with Crippen molar-refractivity contribution in [1.82, 2.24) is 9.80 Å². The fraction of sp³-hybridized carbons (Fsp3) is 0.714. The predicted octanol–water partition coefficient (Wildman–Crippen LogP) is 3.41. The van der Waals surface area contributed by atoms with Crippen LogP contribution in [0.2, 0.25) is 0 Å². The molecular weight excluding hydrogens is 328 g/mol. The van der Waals surface area contributed by atoms with E-state index in [2.05, 4.69) is 22.8 Å². The molecule has 1 aromatic rings. The van der Waals surface area contributed by atoms with Gasteiger partial charge in [-0.05, 0) is 24.8 Å². The minimum atomic E-state index is 0.683. The maximum absolute atomic E-state index is 5.64. The molecule has 0 N–H and O–H groups in total.